The molecule has 3 aromatic heterocycles. The van der Waals surface area contributed by atoms with Gasteiger partial charge >= 0.3 is 6.18 Å². The molecule has 3 heterocycles. The maximum atomic E-state index is 12.7. The minimum absolute atomic E-state index is 0.0421. The molecule has 0 saturated carbocycles. The Labute approximate surface area is 125 Å². The summed E-state index contributed by atoms with van der Waals surface area (Å²) >= 11 is 6.53. The lowest BCUT2D eigenvalue weighted by atomic mass is 10.5. The molecule has 10 heteroatoms. The van der Waals surface area contributed by atoms with Gasteiger partial charge in [0.05, 0.1) is 0 Å². The third-order valence-electron chi connectivity index (χ3n) is 2.40. The van der Waals surface area contributed by atoms with E-state index >= 15 is 0 Å². The number of halogens is 4. The Kier molecular flexibility index (Phi) is 3.46. The molecule has 0 fully saturated rings. The van der Waals surface area contributed by atoms with Crippen LogP contribution in [-0.2, 0) is 6.18 Å². The van der Waals surface area contributed by atoms with Crippen molar-refractivity contribution in [3.8, 4) is 0 Å². The largest absolute Gasteiger partial charge is 0.451 e. The molecule has 108 valence electrons. The number of rotatable bonds is 2. The van der Waals surface area contributed by atoms with Crippen LogP contribution in [0.15, 0.2) is 40.6 Å². The van der Waals surface area contributed by atoms with Crippen molar-refractivity contribution in [1.29, 1.82) is 0 Å². The first kappa shape index (κ1) is 14.1. The zero-order valence-corrected chi connectivity index (χ0v) is 11.6. The molecule has 5 nitrogen and oxygen atoms in total. The molecule has 0 spiro atoms. The van der Waals surface area contributed by atoms with Crippen molar-refractivity contribution in [3.05, 3.63) is 41.4 Å². The first-order valence-corrected chi connectivity index (χ1v) is 6.72. The molecule has 0 amide bonds. The zero-order valence-electron chi connectivity index (χ0n) is 10.0. The second-order valence-electron chi connectivity index (χ2n) is 3.86. The van der Waals surface area contributed by atoms with Crippen molar-refractivity contribution in [1.82, 2.24) is 24.6 Å². The van der Waals surface area contributed by atoms with Crippen LogP contribution in [0.2, 0.25) is 5.15 Å². The summed E-state index contributed by atoms with van der Waals surface area (Å²) in [5.74, 6) is -1.29. The Morgan fingerprint density at radius 3 is 2.71 bits per heavy atom. The Morgan fingerprint density at radius 1 is 1.14 bits per heavy atom. The van der Waals surface area contributed by atoms with Crippen LogP contribution in [0.5, 0.6) is 0 Å². The van der Waals surface area contributed by atoms with E-state index in [1.165, 1.54) is 6.07 Å². The zero-order chi connectivity index (χ0) is 15.0. The summed E-state index contributed by atoms with van der Waals surface area (Å²) in [7, 11) is 0. The van der Waals surface area contributed by atoms with Crippen LogP contribution in [0.3, 0.4) is 0 Å². The lowest BCUT2D eigenvalue weighted by molar-refractivity contribution is -0.145. The minimum atomic E-state index is -4.66. The van der Waals surface area contributed by atoms with E-state index in [1.807, 2.05) is 0 Å². The number of aromatic nitrogens is 5. The molecule has 0 aliphatic heterocycles. The number of alkyl halides is 3. The van der Waals surface area contributed by atoms with E-state index in [0.29, 0.717) is 10.8 Å². The lowest BCUT2D eigenvalue weighted by Gasteiger charge is -2.06. The monoisotopic (exact) mass is 331 g/mol. The van der Waals surface area contributed by atoms with Gasteiger partial charge in [-0.05, 0) is 23.9 Å². The molecule has 0 unspecified atom stereocenters. The number of hydrogen-bond acceptors (Lipinski definition) is 5. The van der Waals surface area contributed by atoms with E-state index in [2.05, 4.69) is 20.2 Å². The maximum Gasteiger partial charge on any atom is 0.451 e. The molecule has 0 N–H and O–H groups in total. The molecule has 0 bridgehead atoms. The quantitative estimate of drug-likeness (QED) is 0.674. The molecule has 0 aliphatic rings. The molecule has 0 radical (unpaired) electrons. The number of hydrogen-bond donors (Lipinski definition) is 0. The summed E-state index contributed by atoms with van der Waals surface area (Å²) in [6.45, 7) is 0. The molecule has 0 aliphatic carbocycles. The van der Waals surface area contributed by atoms with Crippen LogP contribution in [0.25, 0.3) is 5.65 Å². The van der Waals surface area contributed by atoms with Crippen LogP contribution >= 0.6 is 23.4 Å². The highest BCUT2D eigenvalue weighted by molar-refractivity contribution is 7.99. The molecule has 21 heavy (non-hydrogen) atoms. The summed E-state index contributed by atoms with van der Waals surface area (Å²) in [6, 6.07) is 6.51. The fourth-order valence-corrected chi connectivity index (χ4v) is 2.63. The number of nitrogens with zero attached hydrogens (tertiary/aromatic N) is 5. The van der Waals surface area contributed by atoms with Crippen LogP contribution in [-0.4, -0.2) is 24.6 Å². The van der Waals surface area contributed by atoms with Crippen molar-refractivity contribution in [2.75, 3.05) is 0 Å². The molecular weight excluding hydrogens is 327 g/mol. The van der Waals surface area contributed by atoms with E-state index in [9.17, 15) is 13.2 Å². The number of fused-ring (bicyclic) bond motifs is 1. The molecular formula is C11H5ClF3N5S. The summed E-state index contributed by atoms with van der Waals surface area (Å²) in [5.41, 5.74) is 0.580. The topological polar surface area (TPSA) is 56.0 Å². The van der Waals surface area contributed by atoms with Crippen LogP contribution < -0.4 is 0 Å². The van der Waals surface area contributed by atoms with E-state index in [0.717, 1.165) is 11.8 Å². The van der Waals surface area contributed by atoms with Crippen molar-refractivity contribution >= 4 is 29.0 Å². The molecule has 0 atom stereocenters. The third kappa shape index (κ3) is 2.93. The highest BCUT2D eigenvalue weighted by Crippen LogP contribution is 2.31. The van der Waals surface area contributed by atoms with Gasteiger partial charge in [0, 0.05) is 12.3 Å². The van der Waals surface area contributed by atoms with Gasteiger partial charge in [0.15, 0.2) is 5.65 Å². The van der Waals surface area contributed by atoms with Gasteiger partial charge in [0.1, 0.15) is 10.2 Å². The van der Waals surface area contributed by atoms with Crippen molar-refractivity contribution in [2.24, 2.45) is 0 Å². The van der Waals surface area contributed by atoms with Gasteiger partial charge in [-0.15, -0.1) is 10.2 Å². The number of pyridine rings is 1. The molecule has 0 saturated heterocycles. The van der Waals surface area contributed by atoms with Gasteiger partial charge in [-0.2, -0.15) is 13.2 Å². The van der Waals surface area contributed by atoms with Gasteiger partial charge in [0.2, 0.25) is 11.0 Å². The predicted octanol–water partition coefficient (Wildman–Crippen LogP) is 3.34. The first-order valence-electron chi connectivity index (χ1n) is 5.53. The average Bonchev–Trinajstić information content (AvgIpc) is 2.81. The molecule has 3 aromatic rings. The van der Waals surface area contributed by atoms with E-state index in [1.54, 1.807) is 28.8 Å². The fourth-order valence-electron chi connectivity index (χ4n) is 1.56. The summed E-state index contributed by atoms with van der Waals surface area (Å²) in [4.78, 5) is 6.62. The standard InChI is InChI=1S/C11H5ClF3N5S/c12-6-5-8(17-9(16-6)11(13,14)15)21-10-19-18-7-3-1-2-4-20(7)10/h1-5H. The smallest absolute Gasteiger partial charge is 0.277 e. The maximum absolute atomic E-state index is 12.7. The first-order chi connectivity index (χ1) is 9.93. The highest BCUT2D eigenvalue weighted by Gasteiger charge is 2.35. The van der Waals surface area contributed by atoms with Crippen molar-refractivity contribution < 1.29 is 13.2 Å². The molecule has 0 aromatic carbocycles. The third-order valence-corrected chi connectivity index (χ3v) is 3.48. The summed E-state index contributed by atoms with van der Waals surface area (Å²) in [5, 5.41) is 7.95. The van der Waals surface area contributed by atoms with E-state index in [4.69, 9.17) is 11.6 Å². The second kappa shape index (κ2) is 5.15. The van der Waals surface area contributed by atoms with E-state index < -0.39 is 12.0 Å². The van der Waals surface area contributed by atoms with Crippen LogP contribution in [0, 0.1) is 0 Å². The average molecular weight is 332 g/mol. The lowest BCUT2D eigenvalue weighted by Crippen LogP contribution is -2.11. The van der Waals surface area contributed by atoms with E-state index in [-0.39, 0.29) is 10.2 Å². The van der Waals surface area contributed by atoms with Gasteiger partial charge in [-0.25, -0.2) is 9.97 Å². The minimum Gasteiger partial charge on any atom is -0.277 e. The van der Waals surface area contributed by atoms with Crippen molar-refractivity contribution in [2.45, 2.75) is 16.4 Å². The summed E-state index contributed by atoms with van der Waals surface area (Å²) < 4.78 is 39.6. The van der Waals surface area contributed by atoms with Gasteiger partial charge < -0.3 is 0 Å². The van der Waals surface area contributed by atoms with Crippen molar-refractivity contribution in [3.63, 3.8) is 0 Å². The van der Waals surface area contributed by atoms with Gasteiger partial charge in [-0.1, -0.05) is 17.7 Å². The Morgan fingerprint density at radius 2 is 1.95 bits per heavy atom. The van der Waals surface area contributed by atoms with Gasteiger partial charge in [0.25, 0.3) is 0 Å². The normalized spacial score (nSPS) is 12.0. The second-order valence-corrected chi connectivity index (χ2v) is 5.24. The molecule has 3 rings (SSSR count). The van der Waals surface area contributed by atoms with Crippen LogP contribution in [0.4, 0.5) is 13.2 Å². The van der Waals surface area contributed by atoms with Gasteiger partial charge in [-0.3, -0.25) is 4.40 Å². The highest BCUT2D eigenvalue weighted by atomic mass is 35.5. The summed E-state index contributed by atoms with van der Waals surface area (Å²) in [6.07, 6.45) is -2.96. The fraction of sp³-hybridized carbons (Fsp3) is 0.0909. The Hall–Kier alpha value is -1.87. The Balaban J connectivity index is 2.00. The van der Waals surface area contributed by atoms with Crippen LogP contribution in [0.1, 0.15) is 5.82 Å². The Bertz CT molecular complexity index is 804. The predicted molar refractivity (Wildman–Crippen MR) is 69.2 cm³/mol. The SMILES string of the molecule is FC(F)(F)c1nc(Cl)cc(Sc2nnc3ccccn23)n1.